The zero-order chi connectivity index (χ0) is 26.9. The second-order valence-electron chi connectivity index (χ2n) is 9.73. The molecule has 38 heavy (non-hydrogen) atoms. The molecular formula is C28H37N7O3. The van der Waals surface area contributed by atoms with Gasteiger partial charge in [-0.1, -0.05) is 30.3 Å². The van der Waals surface area contributed by atoms with Crippen LogP contribution in [0.3, 0.4) is 0 Å². The van der Waals surface area contributed by atoms with Crippen molar-refractivity contribution in [1.82, 2.24) is 25.0 Å². The maximum atomic E-state index is 12.5. The number of carbonyl (C=O) groups excluding carboxylic acids is 3. The van der Waals surface area contributed by atoms with Crippen molar-refractivity contribution in [3.63, 3.8) is 0 Å². The Balaban J connectivity index is 0.000000216. The number of benzene rings is 1. The third-order valence-corrected chi connectivity index (χ3v) is 7.14. The molecule has 3 heterocycles. The Bertz CT molecular complexity index is 1140. The van der Waals surface area contributed by atoms with Crippen LogP contribution in [0.1, 0.15) is 27.1 Å². The number of pyridine rings is 1. The summed E-state index contributed by atoms with van der Waals surface area (Å²) in [7, 11) is 2.16. The summed E-state index contributed by atoms with van der Waals surface area (Å²) in [5, 5.41) is 3.04. The molecule has 3 aliphatic rings. The average molecular weight is 520 g/mol. The van der Waals surface area contributed by atoms with Gasteiger partial charge in [0.25, 0.3) is 0 Å². The van der Waals surface area contributed by atoms with Crippen molar-refractivity contribution in [2.75, 3.05) is 77.4 Å². The lowest BCUT2D eigenvalue weighted by Gasteiger charge is -2.33. The van der Waals surface area contributed by atoms with Gasteiger partial charge in [0.2, 0.25) is 18.0 Å². The van der Waals surface area contributed by atoms with E-state index in [9.17, 15) is 14.4 Å². The third kappa shape index (κ3) is 6.76. The molecule has 2 fully saturated rings. The van der Waals surface area contributed by atoms with Crippen LogP contribution in [0.5, 0.6) is 0 Å². The van der Waals surface area contributed by atoms with Gasteiger partial charge in [0, 0.05) is 76.2 Å². The molecule has 10 heteroatoms. The van der Waals surface area contributed by atoms with E-state index in [1.165, 1.54) is 0 Å². The number of hydrogen-bond donors (Lipinski definition) is 2. The fourth-order valence-electron chi connectivity index (χ4n) is 4.75. The number of anilines is 1. The number of nitrogens with one attached hydrogen (secondary N) is 1. The number of amides is 1. The number of Topliss-reactive ketones (excluding diaryl/α,β-unsaturated/α-hetero) is 2. The number of allylic oxidation sites excluding steroid dienone is 2. The SMILES string of the molecule is CN1CCN(c2ccccn2)CC1.NC1=C(NCCCN2CCN(C=O)CC2)C(=O)c2ccccc2C1=O. The minimum atomic E-state index is -0.303. The second kappa shape index (κ2) is 13.2. The Morgan fingerprint density at radius 3 is 2.18 bits per heavy atom. The van der Waals surface area contributed by atoms with Crippen molar-refractivity contribution in [2.24, 2.45) is 5.73 Å². The highest BCUT2D eigenvalue weighted by Crippen LogP contribution is 2.22. The van der Waals surface area contributed by atoms with Gasteiger partial charge in [-0.05, 0) is 32.1 Å². The number of rotatable bonds is 7. The molecule has 1 amide bonds. The van der Waals surface area contributed by atoms with Crippen LogP contribution >= 0.6 is 0 Å². The van der Waals surface area contributed by atoms with Crippen LogP contribution in [0.15, 0.2) is 60.1 Å². The summed E-state index contributed by atoms with van der Waals surface area (Å²) in [5.74, 6) is 0.575. The van der Waals surface area contributed by atoms with E-state index in [4.69, 9.17) is 5.73 Å². The van der Waals surface area contributed by atoms with Gasteiger partial charge < -0.3 is 25.8 Å². The van der Waals surface area contributed by atoms with Crippen LogP contribution in [-0.2, 0) is 4.79 Å². The van der Waals surface area contributed by atoms with Crippen LogP contribution in [-0.4, -0.2) is 110 Å². The first-order chi connectivity index (χ1) is 18.5. The van der Waals surface area contributed by atoms with Gasteiger partial charge in [-0.15, -0.1) is 0 Å². The normalized spacial score (nSPS) is 18.6. The highest BCUT2D eigenvalue weighted by Gasteiger charge is 2.30. The Hall–Kier alpha value is -3.76. The number of fused-ring (bicyclic) bond motifs is 1. The predicted molar refractivity (Wildman–Crippen MR) is 147 cm³/mol. The fourth-order valence-corrected chi connectivity index (χ4v) is 4.75. The molecule has 2 saturated heterocycles. The molecule has 5 rings (SSSR count). The highest BCUT2D eigenvalue weighted by atomic mass is 16.1. The van der Waals surface area contributed by atoms with Gasteiger partial charge in [0.15, 0.2) is 0 Å². The molecule has 0 bridgehead atoms. The maximum absolute atomic E-state index is 12.5. The van der Waals surface area contributed by atoms with Gasteiger partial charge in [-0.2, -0.15) is 0 Å². The summed E-state index contributed by atoms with van der Waals surface area (Å²) in [6.45, 7) is 9.09. The van der Waals surface area contributed by atoms with Crippen molar-refractivity contribution in [3.05, 3.63) is 71.2 Å². The first-order valence-corrected chi connectivity index (χ1v) is 13.2. The average Bonchev–Trinajstić information content (AvgIpc) is 2.97. The summed E-state index contributed by atoms with van der Waals surface area (Å²) >= 11 is 0. The van der Waals surface area contributed by atoms with Crippen molar-refractivity contribution < 1.29 is 14.4 Å². The minimum Gasteiger partial charge on any atom is -0.394 e. The van der Waals surface area contributed by atoms with Crippen molar-refractivity contribution >= 4 is 23.8 Å². The second-order valence-corrected chi connectivity index (χ2v) is 9.73. The summed E-state index contributed by atoms with van der Waals surface area (Å²) in [6.07, 6.45) is 3.56. The molecule has 0 saturated carbocycles. The number of likely N-dealkylation sites (N-methyl/N-ethyl adjacent to an activating group) is 1. The Labute approximate surface area is 224 Å². The summed E-state index contributed by atoms with van der Waals surface area (Å²) < 4.78 is 0. The molecule has 1 aromatic carbocycles. The Morgan fingerprint density at radius 1 is 0.895 bits per heavy atom. The van der Waals surface area contributed by atoms with E-state index in [1.54, 1.807) is 29.2 Å². The van der Waals surface area contributed by atoms with E-state index in [0.717, 1.165) is 77.6 Å². The third-order valence-electron chi connectivity index (χ3n) is 7.14. The van der Waals surface area contributed by atoms with Gasteiger partial charge in [-0.25, -0.2) is 4.98 Å². The molecule has 1 aliphatic carbocycles. The molecule has 1 aromatic heterocycles. The Kier molecular flexibility index (Phi) is 9.45. The Morgan fingerprint density at radius 2 is 1.55 bits per heavy atom. The molecule has 2 aromatic rings. The minimum absolute atomic E-state index is 0.0108. The van der Waals surface area contributed by atoms with E-state index in [-0.39, 0.29) is 23.0 Å². The number of nitrogens with zero attached hydrogens (tertiary/aromatic N) is 5. The number of piperazine rings is 2. The lowest BCUT2D eigenvalue weighted by atomic mass is 9.90. The van der Waals surface area contributed by atoms with E-state index in [0.29, 0.717) is 17.7 Å². The molecule has 0 unspecified atom stereocenters. The fraction of sp³-hybridized carbons (Fsp3) is 0.429. The number of ketones is 2. The lowest BCUT2D eigenvalue weighted by Crippen LogP contribution is -2.46. The van der Waals surface area contributed by atoms with Crippen LogP contribution in [0.4, 0.5) is 5.82 Å². The van der Waals surface area contributed by atoms with Crippen LogP contribution in [0.25, 0.3) is 0 Å². The van der Waals surface area contributed by atoms with E-state index in [2.05, 4.69) is 38.1 Å². The highest BCUT2D eigenvalue weighted by molar-refractivity contribution is 6.26. The monoisotopic (exact) mass is 519 g/mol. The van der Waals surface area contributed by atoms with Gasteiger partial charge in [0.1, 0.15) is 17.2 Å². The molecule has 2 aliphatic heterocycles. The quantitative estimate of drug-likeness (QED) is 0.405. The van der Waals surface area contributed by atoms with Crippen LogP contribution in [0, 0.1) is 0 Å². The first-order valence-electron chi connectivity index (χ1n) is 13.2. The predicted octanol–water partition coefficient (Wildman–Crippen LogP) is 0.823. The molecule has 0 atom stereocenters. The number of hydrogen-bond acceptors (Lipinski definition) is 9. The largest absolute Gasteiger partial charge is 0.394 e. The van der Waals surface area contributed by atoms with Crippen LogP contribution in [0.2, 0.25) is 0 Å². The number of nitrogens with two attached hydrogens (primary N) is 1. The van der Waals surface area contributed by atoms with Crippen molar-refractivity contribution in [2.45, 2.75) is 6.42 Å². The van der Waals surface area contributed by atoms with Crippen molar-refractivity contribution in [1.29, 1.82) is 0 Å². The summed E-state index contributed by atoms with van der Waals surface area (Å²) in [6, 6.07) is 12.8. The summed E-state index contributed by atoms with van der Waals surface area (Å²) in [5.41, 5.74) is 6.84. The maximum Gasteiger partial charge on any atom is 0.211 e. The molecule has 0 spiro atoms. The van der Waals surface area contributed by atoms with Crippen LogP contribution < -0.4 is 16.0 Å². The zero-order valence-electron chi connectivity index (χ0n) is 22.0. The van der Waals surface area contributed by atoms with E-state index < -0.39 is 0 Å². The molecule has 202 valence electrons. The topological polar surface area (TPSA) is 115 Å². The molecular weight excluding hydrogens is 482 g/mol. The zero-order valence-corrected chi connectivity index (χ0v) is 22.0. The molecule has 3 N–H and O–H groups in total. The van der Waals surface area contributed by atoms with Gasteiger partial charge in [-0.3, -0.25) is 19.3 Å². The molecule has 10 nitrogen and oxygen atoms in total. The van der Waals surface area contributed by atoms with E-state index in [1.807, 2.05) is 18.3 Å². The number of aromatic nitrogens is 1. The van der Waals surface area contributed by atoms with Gasteiger partial charge >= 0.3 is 0 Å². The first kappa shape index (κ1) is 27.3. The smallest absolute Gasteiger partial charge is 0.211 e. The van der Waals surface area contributed by atoms with Gasteiger partial charge in [0.05, 0.1) is 0 Å². The molecule has 0 radical (unpaired) electrons. The number of carbonyl (C=O) groups is 3. The lowest BCUT2D eigenvalue weighted by molar-refractivity contribution is -0.119. The standard InChI is InChI=1S/C18H22N4O3.C10H15N3/c19-15-16(18(25)14-5-2-1-4-13(14)17(15)24)20-6-3-7-21-8-10-22(12-23)11-9-21;1-12-6-8-13(9-7-12)10-4-2-3-5-11-10/h1-2,4-5,12,20H,3,6-11,19H2;2-5H,6-9H2,1H3. The van der Waals surface area contributed by atoms with Crippen molar-refractivity contribution in [3.8, 4) is 0 Å². The summed E-state index contributed by atoms with van der Waals surface area (Å²) in [4.78, 5) is 48.6. The van der Waals surface area contributed by atoms with E-state index >= 15 is 0 Å².